The van der Waals surface area contributed by atoms with Crippen molar-refractivity contribution in [2.24, 2.45) is 0 Å². The molecule has 19 heavy (non-hydrogen) atoms. The van der Waals surface area contributed by atoms with Crippen LogP contribution in [0.4, 0.5) is 0 Å². The molecule has 0 saturated heterocycles. The van der Waals surface area contributed by atoms with E-state index in [1.807, 2.05) is 31.2 Å². The largest absolute Gasteiger partial charge is 0.481 e. The van der Waals surface area contributed by atoms with Crippen molar-refractivity contribution < 1.29 is 9.90 Å². The Labute approximate surface area is 120 Å². The van der Waals surface area contributed by atoms with Crippen LogP contribution in [0.15, 0.2) is 34.9 Å². The van der Waals surface area contributed by atoms with Crippen LogP contribution < -0.4 is 0 Å². The summed E-state index contributed by atoms with van der Waals surface area (Å²) in [6, 6.07) is 7.83. The van der Waals surface area contributed by atoms with Gasteiger partial charge in [0.15, 0.2) is 0 Å². The summed E-state index contributed by atoms with van der Waals surface area (Å²) in [6.45, 7) is 5.28. The molecule has 0 unspecified atom stereocenters. The zero-order valence-electron chi connectivity index (χ0n) is 11.0. The molecule has 2 aromatic rings. The minimum Gasteiger partial charge on any atom is -0.481 e. The lowest BCUT2D eigenvalue weighted by atomic mass is 9.90. The van der Waals surface area contributed by atoms with E-state index in [2.05, 4.69) is 21.0 Å². The number of rotatable bonds is 3. The van der Waals surface area contributed by atoms with E-state index in [4.69, 9.17) is 0 Å². The van der Waals surface area contributed by atoms with Gasteiger partial charge in [0, 0.05) is 6.20 Å². The average Bonchev–Trinajstić information content (AvgIpc) is 2.72. The summed E-state index contributed by atoms with van der Waals surface area (Å²) in [4.78, 5) is 11.3. The van der Waals surface area contributed by atoms with Crippen LogP contribution >= 0.6 is 15.9 Å². The Bertz CT molecular complexity index is 632. The number of aryl methyl sites for hydroxylation is 1. The molecule has 0 amide bonds. The fourth-order valence-corrected chi connectivity index (χ4v) is 2.59. The Kier molecular flexibility index (Phi) is 3.49. The second-order valence-electron chi connectivity index (χ2n) is 4.99. The maximum atomic E-state index is 11.3. The highest BCUT2D eigenvalue weighted by Crippen LogP contribution is 2.30. The van der Waals surface area contributed by atoms with Crippen LogP contribution in [0.5, 0.6) is 0 Å². The fourth-order valence-electron chi connectivity index (χ4n) is 1.82. The highest BCUT2D eigenvalue weighted by atomic mass is 79.9. The van der Waals surface area contributed by atoms with Gasteiger partial charge in [0.1, 0.15) is 5.41 Å². The van der Waals surface area contributed by atoms with Gasteiger partial charge in [0.2, 0.25) is 0 Å². The molecule has 0 aliphatic rings. The Morgan fingerprint density at radius 2 is 2.00 bits per heavy atom. The first-order valence-electron chi connectivity index (χ1n) is 5.89. The molecule has 0 spiro atoms. The van der Waals surface area contributed by atoms with Crippen LogP contribution in [0.25, 0.3) is 5.69 Å². The molecule has 0 aliphatic carbocycles. The summed E-state index contributed by atoms with van der Waals surface area (Å²) in [5.41, 5.74) is 1.50. The number of carboxylic acid groups (broad SMARTS) is 1. The first-order valence-corrected chi connectivity index (χ1v) is 6.68. The van der Waals surface area contributed by atoms with Gasteiger partial charge in [-0.2, -0.15) is 5.10 Å². The topological polar surface area (TPSA) is 55.1 Å². The number of aliphatic carboxylic acids is 1. The Morgan fingerprint density at radius 1 is 1.37 bits per heavy atom. The number of para-hydroxylation sites is 1. The SMILES string of the molecule is Cc1ccccc1-n1cc(Br)c(C(C)(C)C(=O)O)n1. The van der Waals surface area contributed by atoms with Gasteiger partial charge in [-0.25, -0.2) is 4.68 Å². The van der Waals surface area contributed by atoms with Gasteiger partial charge in [-0.15, -0.1) is 0 Å². The van der Waals surface area contributed by atoms with Crippen molar-refractivity contribution in [3.8, 4) is 5.69 Å². The smallest absolute Gasteiger partial charge is 0.315 e. The number of benzene rings is 1. The van der Waals surface area contributed by atoms with Gasteiger partial charge in [-0.1, -0.05) is 18.2 Å². The predicted molar refractivity (Wildman–Crippen MR) is 76.7 cm³/mol. The predicted octanol–water partition coefficient (Wildman–Crippen LogP) is 3.31. The lowest BCUT2D eigenvalue weighted by Crippen LogP contribution is -2.29. The standard InChI is InChI=1S/C14H15BrN2O2/c1-9-6-4-5-7-11(9)17-8-10(15)12(16-17)14(2,3)13(18)19/h4-8H,1-3H3,(H,18,19). The summed E-state index contributed by atoms with van der Waals surface area (Å²) in [6.07, 6.45) is 1.79. The molecule has 0 fully saturated rings. The van der Waals surface area contributed by atoms with Crippen LogP contribution in [0, 0.1) is 6.92 Å². The number of hydrogen-bond donors (Lipinski definition) is 1. The normalized spacial score (nSPS) is 11.6. The lowest BCUT2D eigenvalue weighted by Gasteiger charge is -2.16. The molecule has 0 saturated carbocycles. The Balaban J connectivity index is 2.54. The molecule has 1 aromatic heterocycles. The van der Waals surface area contributed by atoms with Crippen molar-refractivity contribution in [3.05, 3.63) is 46.2 Å². The quantitative estimate of drug-likeness (QED) is 0.943. The number of carboxylic acids is 1. The monoisotopic (exact) mass is 322 g/mol. The number of aromatic nitrogens is 2. The summed E-state index contributed by atoms with van der Waals surface area (Å²) >= 11 is 3.40. The molecule has 1 aromatic carbocycles. The highest BCUT2D eigenvalue weighted by Gasteiger charge is 2.34. The highest BCUT2D eigenvalue weighted by molar-refractivity contribution is 9.10. The van der Waals surface area contributed by atoms with E-state index in [0.29, 0.717) is 10.2 Å². The molecular formula is C14H15BrN2O2. The van der Waals surface area contributed by atoms with Gasteiger partial charge in [-0.05, 0) is 48.3 Å². The molecule has 0 aliphatic heterocycles. The first-order chi connectivity index (χ1) is 8.84. The van der Waals surface area contributed by atoms with E-state index < -0.39 is 11.4 Å². The van der Waals surface area contributed by atoms with Gasteiger partial charge in [-0.3, -0.25) is 4.79 Å². The van der Waals surface area contributed by atoms with E-state index in [1.165, 1.54) is 0 Å². The minimum atomic E-state index is -1.03. The first kappa shape index (κ1) is 13.8. The van der Waals surface area contributed by atoms with E-state index in [-0.39, 0.29) is 0 Å². The van der Waals surface area contributed by atoms with Crippen LogP contribution in [0.1, 0.15) is 25.1 Å². The van der Waals surface area contributed by atoms with Crippen molar-refractivity contribution in [2.45, 2.75) is 26.2 Å². The molecule has 1 N–H and O–H groups in total. The van der Waals surface area contributed by atoms with Crippen LogP contribution in [-0.2, 0) is 10.2 Å². The maximum Gasteiger partial charge on any atom is 0.315 e. The van der Waals surface area contributed by atoms with Crippen molar-refractivity contribution in [1.29, 1.82) is 0 Å². The number of halogens is 1. The van der Waals surface area contributed by atoms with Crippen molar-refractivity contribution in [1.82, 2.24) is 9.78 Å². The molecule has 5 heteroatoms. The number of hydrogen-bond acceptors (Lipinski definition) is 2. The Morgan fingerprint density at radius 3 is 2.58 bits per heavy atom. The molecule has 100 valence electrons. The van der Waals surface area contributed by atoms with E-state index in [1.54, 1.807) is 24.7 Å². The van der Waals surface area contributed by atoms with E-state index in [0.717, 1.165) is 11.3 Å². The molecule has 2 rings (SSSR count). The third-order valence-electron chi connectivity index (χ3n) is 3.16. The summed E-state index contributed by atoms with van der Waals surface area (Å²) in [5.74, 6) is -0.900. The second-order valence-corrected chi connectivity index (χ2v) is 5.84. The fraction of sp³-hybridized carbons (Fsp3) is 0.286. The third-order valence-corrected chi connectivity index (χ3v) is 3.74. The molecule has 0 radical (unpaired) electrons. The Hall–Kier alpha value is -1.62. The summed E-state index contributed by atoms with van der Waals surface area (Å²) in [5, 5.41) is 13.7. The zero-order valence-corrected chi connectivity index (χ0v) is 12.6. The maximum absolute atomic E-state index is 11.3. The van der Waals surface area contributed by atoms with Crippen LogP contribution in [0.3, 0.4) is 0 Å². The second kappa shape index (κ2) is 4.81. The third kappa shape index (κ3) is 2.42. The average molecular weight is 323 g/mol. The van der Waals surface area contributed by atoms with Gasteiger partial charge < -0.3 is 5.11 Å². The molecular weight excluding hydrogens is 308 g/mol. The van der Waals surface area contributed by atoms with E-state index in [9.17, 15) is 9.90 Å². The number of carbonyl (C=O) groups is 1. The number of nitrogens with zero attached hydrogens (tertiary/aromatic N) is 2. The lowest BCUT2D eigenvalue weighted by molar-refractivity contribution is -0.142. The van der Waals surface area contributed by atoms with Crippen molar-refractivity contribution >= 4 is 21.9 Å². The summed E-state index contributed by atoms with van der Waals surface area (Å²) < 4.78 is 2.41. The minimum absolute atomic E-state index is 0.517. The van der Waals surface area contributed by atoms with Gasteiger partial charge in [0.05, 0.1) is 15.9 Å². The van der Waals surface area contributed by atoms with E-state index >= 15 is 0 Å². The molecule has 0 atom stereocenters. The van der Waals surface area contributed by atoms with Crippen molar-refractivity contribution in [2.75, 3.05) is 0 Å². The van der Waals surface area contributed by atoms with Gasteiger partial charge in [0.25, 0.3) is 0 Å². The molecule has 0 bridgehead atoms. The zero-order chi connectivity index (χ0) is 14.2. The van der Waals surface area contributed by atoms with Gasteiger partial charge >= 0.3 is 5.97 Å². The summed E-state index contributed by atoms with van der Waals surface area (Å²) in [7, 11) is 0. The van der Waals surface area contributed by atoms with Crippen molar-refractivity contribution in [3.63, 3.8) is 0 Å². The van der Waals surface area contributed by atoms with Crippen LogP contribution in [0.2, 0.25) is 0 Å². The van der Waals surface area contributed by atoms with Crippen LogP contribution in [-0.4, -0.2) is 20.9 Å². The molecule has 1 heterocycles. The molecule has 4 nitrogen and oxygen atoms in total.